The first-order chi connectivity index (χ1) is 7.56. The van der Waals surface area contributed by atoms with E-state index in [1.165, 1.54) is 0 Å². The molecule has 0 aliphatic carbocycles. The van der Waals surface area contributed by atoms with Gasteiger partial charge in [-0.2, -0.15) is 0 Å². The fraction of sp³-hybridized carbons (Fsp3) is 0.364. The molecule has 0 spiro atoms. The van der Waals surface area contributed by atoms with Crippen LogP contribution in [0.4, 0.5) is 5.69 Å². The fourth-order valence-electron chi connectivity index (χ4n) is 1.84. The van der Waals surface area contributed by atoms with E-state index in [9.17, 15) is 0 Å². The lowest BCUT2D eigenvalue weighted by Gasteiger charge is -2.34. The smallest absolute Gasteiger partial charge is 0.143 e. The molecule has 2 N–H and O–H groups in total. The summed E-state index contributed by atoms with van der Waals surface area (Å²) in [5, 5.41) is 0.685. The summed E-state index contributed by atoms with van der Waals surface area (Å²) >= 11 is 10.9. The second kappa shape index (κ2) is 4.47. The van der Waals surface area contributed by atoms with Gasteiger partial charge in [-0.05, 0) is 25.1 Å². The van der Waals surface area contributed by atoms with Gasteiger partial charge in [-0.3, -0.25) is 0 Å². The number of fused-ring (bicyclic) bond motifs is 1. The number of nitrogens with two attached hydrogens (primary N) is 1. The van der Waals surface area contributed by atoms with Crippen LogP contribution < -0.4 is 15.4 Å². The molecule has 3 nitrogen and oxygen atoms in total. The normalized spacial score (nSPS) is 18.9. The van der Waals surface area contributed by atoms with E-state index in [0.717, 1.165) is 18.0 Å². The Hall–Kier alpha value is -1.00. The molecule has 2 rings (SSSR count). The Bertz CT molecular complexity index is 424. The molecule has 1 atom stereocenters. The Morgan fingerprint density at radius 1 is 1.69 bits per heavy atom. The van der Waals surface area contributed by atoms with Gasteiger partial charge >= 0.3 is 0 Å². The lowest BCUT2D eigenvalue weighted by molar-refractivity contribution is 0.214. The molecule has 0 saturated carbocycles. The van der Waals surface area contributed by atoms with Crippen molar-refractivity contribution in [3.8, 4) is 5.75 Å². The summed E-state index contributed by atoms with van der Waals surface area (Å²) in [6.07, 6.45) is 0.128. The first-order valence-corrected chi connectivity index (χ1v) is 5.84. The predicted molar refractivity (Wildman–Crippen MR) is 70.5 cm³/mol. The minimum absolute atomic E-state index is 0.128. The third kappa shape index (κ3) is 2.39. The summed E-state index contributed by atoms with van der Waals surface area (Å²) in [6.45, 7) is 3.34. The third-order valence-corrected chi connectivity index (χ3v) is 2.78. The van der Waals surface area contributed by atoms with Gasteiger partial charge in [-0.15, -0.1) is 0 Å². The van der Waals surface area contributed by atoms with Crippen LogP contribution in [-0.4, -0.2) is 24.2 Å². The molecule has 1 aromatic carbocycles. The molecule has 0 saturated heterocycles. The van der Waals surface area contributed by atoms with Crippen molar-refractivity contribution in [1.29, 1.82) is 0 Å². The fourth-order valence-corrected chi connectivity index (χ4v) is 2.16. The molecule has 1 aliphatic rings. The van der Waals surface area contributed by atoms with Crippen molar-refractivity contribution < 1.29 is 4.74 Å². The van der Waals surface area contributed by atoms with Crippen LogP contribution in [0.2, 0.25) is 5.02 Å². The van der Waals surface area contributed by atoms with Crippen molar-refractivity contribution in [3.63, 3.8) is 0 Å². The van der Waals surface area contributed by atoms with E-state index in [1.54, 1.807) is 0 Å². The minimum atomic E-state index is 0.128. The lowest BCUT2D eigenvalue weighted by Crippen LogP contribution is -2.42. The molecular formula is C11H13ClN2OS. The minimum Gasteiger partial charge on any atom is -0.487 e. The zero-order chi connectivity index (χ0) is 11.7. The van der Waals surface area contributed by atoms with Crippen LogP contribution in [0, 0.1) is 0 Å². The summed E-state index contributed by atoms with van der Waals surface area (Å²) in [4.78, 5) is 2.57. The molecule has 1 aromatic rings. The van der Waals surface area contributed by atoms with Crippen LogP contribution in [-0.2, 0) is 0 Å². The Balaban J connectivity index is 2.35. The average Bonchev–Trinajstić information content (AvgIpc) is 2.18. The van der Waals surface area contributed by atoms with Gasteiger partial charge < -0.3 is 15.4 Å². The number of hydrogen-bond donors (Lipinski definition) is 1. The summed E-state index contributed by atoms with van der Waals surface area (Å²) in [5.41, 5.74) is 6.54. The Kier molecular flexibility index (Phi) is 3.21. The zero-order valence-electron chi connectivity index (χ0n) is 8.94. The van der Waals surface area contributed by atoms with Crippen molar-refractivity contribution in [2.24, 2.45) is 5.73 Å². The molecule has 1 unspecified atom stereocenters. The molecule has 1 heterocycles. The summed E-state index contributed by atoms with van der Waals surface area (Å²) in [7, 11) is 0. The standard InChI is InChI=1S/C11H13ClN2OS/c1-7-5-14(6-11(13)16)9-4-8(12)2-3-10(9)15-7/h2-4,7H,5-6H2,1H3,(H2,13,16). The molecule has 0 radical (unpaired) electrons. The van der Waals surface area contributed by atoms with E-state index in [0.29, 0.717) is 16.6 Å². The molecule has 5 heteroatoms. The van der Waals surface area contributed by atoms with Gasteiger partial charge in [-0.1, -0.05) is 23.8 Å². The number of thiocarbonyl (C=S) groups is 1. The Labute approximate surface area is 105 Å². The molecule has 0 bridgehead atoms. The maximum Gasteiger partial charge on any atom is 0.143 e. The van der Waals surface area contributed by atoms with Gasteiger partial charge in [-0.25, -0.2) is 0 Å². The molecule has 86 valence electrons. The Morgan fingerprint density at radius 3 is 3.12 bits per heavy atom. The molecule has 16 heavy (non-hydrogen) atoms. The second-order valence-corrected chi connectivity index (χ2v) is 4.85. The highest BCUT2D eigenvalue weighted by molar-refractivity contribution is 7.80. The Morgan fingerprint density at radius 2 is 2.44 bits per heavy atom. The quantitative estimate of drug-likeness (QED) is 0.824. The number of hydrogen-bond acceptors (Lipinski definition) is 3. The molecular weight excluding hydrogens is 244 g/mol. The summed E-state index contributed by atoms with van der Waals surface area (Å²) < 4.78 is 5.71. The van der Waals surface area contributed by atoms with E-state index in [4.69, 9.17) is 34.3 Å². The number of ether oxygens (including phenoxy) is 1. The van der Waals surface area contributed by atoms with Gasteiger partial charge in [0.05, 0.1) is 23.8 Å². The van der Waals surface area contributed by atoms with Crippen LogP contribution in [0.15, 0.2) is 18.2 Å². The van der Waals surface area contributed by atoms with E-state index < -0.39 is 0 Å². The number of halogens is 1. The highest BCUT2D eigenvalue weighted by atomic mass is 35.5. The predicted octanol–water partition coefficient (Wildman–Crippen LogP) is 2.21. The first kappa shape index (κ1) is 11.5. The van der Waals surface area contributed by atoms with Gasteiger partial charge in [0.15, 0.2) is 0 Å². The highest BCUT2D eigenvalue weighted by Crippen LogP contribution is 2.35. The van der Waals surface area contributed by atoms with E-state index >= 15 is 0 Å². The number of benzene rings is 1. The van der Waals surface area contributed by atoms with Gasteiger partial charge in [0.1, 0.15) is 11.9 Å². The van der Waals surface area contributed by atoms with Crippen LogP contribution in [0.3, 0.4) is 0 Å². The SMILES string of the molecule is CC1CN(CC(N)=S)c2cc(Cl)ccc2O1. The van der Waals surface area contributed by atoms with Crippen LogP contribution >= 0.6 is 23.8 Å². The van der Waals surface area contributed by atoms with E-state index in [-0.39, 0.29) is 6.10 Å². The molecule has 0 amide bonds. The molecule has 1 aliphatic heterocycles. The average molecular weight is 257 g/mol. The third-order valence-electron chi connectivity index (χ3n) is 2.41. The monoisotopic (exact) mass is 256 g/mol. The van der Waals surface area contributed by atoms with E-state index in [2.05, 4.69) is 4.90 Å². The van der Waals surface area contributed by atoms with Gasteiger partial charge in [0, 0.05) is 5.02 Å². The topological polar surface area (TPSA) is 38.5 Å². The largest absolute Gasteiger partial charge is 0.487 e. The molecule has 0 aromatic heterocycles. The summed E-state index contributed by atoms with van der Waals surface area (Å²) in [6, 6.07) is 5.57. The van der Waals surface area contributed by atoms with Crippen LogP contribution in [0.5, 0.6) is 5.75 Å². The van der Waals surface area contributed by atoms with Gasteiger partial charge in [0.25, 0.3) is 0 Å². The maximum atomic E-state index is 5.97. The van der Waals surface area contributed by atoms with Crippen molar-refractivity contribution in [3.05, 3.63) is 23.2 Å². The second-order valence-electron chi connectivity index (χ2n) is 3.89. The lowest BCUT2D eigenvalue weighted by atomic mass is 10.2. The number of anilines is 1. The van der Waals surface area contributed by atoms with Crippen molar-refractivity contribution >= 4 is 34.5 Å². The number of nitrogens with zero attached hydrogens (tertiary/aromatic N) is 1. The first-order valence-electron chi connectivity index (χ1n) is 5.05. The van der Waals surface area contributed by atoms with Crippen LogP contribution in [0.1, 0.15) is 6.92 Å². The maximum absolute atomic E-state index is 5.97. The van der Waals surface area contributed by atoms with Crippen molar-refractivity contribution in [2.75, 3.05) is 18.0 Å². The molecule has 0 fully saturated rings. The summed E-state index contributed by atoms with van der Waals surface area (Å²) in [5.74, 6) is 0.833. The van der Waals surface area contributed by atoms with Crippen LogP contribution in [0.25, 0.3) is 0 Å². The van der Waals surface area contributed by atoms with Gasteiger partial charge in [0.2, 0.25) is 0 Å². The highest BCUT2D eigenvalue weighted by Gasteiger charge is 2.23. The van der Waals surface area contributed by atoms with Crippen molar-refractivity contribution in [1.82, 2.24) is 0 Å². The zero-order valence-corrected chi connectivity index (χ0v) is 10.5. The van der Waals surface area contributed by atoms with Crippen molar-refractivity contribution in [2.45, 2.75) is 13.0 Å². The number of rotatable bonds is 2. The van der Waals surface area contributed by atoms with E-state index in [1.807, 2.05) is 25.1 Å².